The SMILES string of the molecule is Cc1cc(N2C(=S)N[C@H](c3ccccn3)[C@H]2c2cc(C)n(-c3cccc4ccccc34)c2C)ccc1NC(=O)C(C)C. The highest BCUT2D eigenvalue weighted by molar-refractivity contribution is 7.80. The van der Waals surface area contributed by atoms with Crippen LogP contribution in [0.5, 0.6) is 0 Å². The third-order valence-electron chi connectivity index (χ3n) is 8.16. The molecule has 0 radical (unpaired) electrons. The number of benzene rings is 3. The highest BCUT2D eigenvalue weighted by Gasteiger charge is 2.42. The predicted octanol–water partition coefficient (Wildman–Crippen LogP) is 7.72. The average molecular weight is 574 g/mol. The molecular formula is C35H35N5OS. The second kappa shape index (κ2) is 11.1. The highest BCUT2D eigenvalue weighted by Crippen LogP contribution is 2.44. The molecule has 1 amide bonds. The number of carbonyl (C=O) groups excluding carboxylic acids is 1. The Morgan fingerprint density at radius 2 is 1.71 bits per heavy atom. The average Bonchev–Trinajstić information content (AvgIpc) is 3.48. The van der Waals surface area contributed by atoms with Crippen LogP contribution in [0.15, 0.2) is 91.1 Å². The molecule has 6 nitrogen and oxygen atoms in total. The molecular weight excluding hydrogens is 538 g/mol. The maximum atomic E-state index is 12.4. The van der Waals surface area contributed by atoms with Crippen molar-refractivity contribution in [3.05, 3.63) is 119 Å². The molecule has 0 saturated carbocycles. The van der Waals surface area contributed by atoms with Gasteiger partial charge in [-0.05, 0) is 92.0 Å². The number of fused-ring (bicyclic) bond motifs is 1. The van der Waals surface area contributed by atoms with Gasteiger partial charge >= 0.3 is 0 Å². The lowest BCUT2D eigenvalue weighted by atomic mass is 9.96. The van der Waals surface area contributed by atoms with Gasteiger partial charge in [-0.3, -0.25) is 9.78 Å². The number of aromatic nitrogens is 2. The molecule has 3 heterocycles. The first-order valence-electron chi connectivity index (χ1n) is 14.3. The van der Waals surface area contributed by atoms with E-state index in [0.717, 1.165) is 39.7 Å². The molecule has 1 aliphatic rings. The number of amides is 1. The number of hydrogen-bond donors (Lipinski definition) is 2. The van der Waals surface area contributed by atoms with Crippen molar-refractivity contribution in [3.8, 4) is 5.69 Å². The van der Waals surface area contributed by atoms with E-state index >= 15 is 0 Å². The second-order valence-corrected chi connectivity index (χ2v) is 11.7. The van der Waals surface area contributed by atoms with Crippen molar-refractivity contribution < 1.29 is 4.79 Å². The Labute approximate surface area is 252 Å². The van der Waals surface area contributed by atoms with Crippen LogP contribution >= 0.6 is 12.2 Å². The number of hydrogen-bond acceptors (Lipinski definition) is 3. The van der Waals surface area contributed by atoms with E-state index in [1.54, 1.807) is 0 Å². The van der Waals surface area contributed by atoms with Crippen LogP contribution in [0.4, 0.5) is 11.4 Å². The minimum absolute atomic E-state index is 0.00169. The van der Waals surface area contributed by atoms with Crippen LogP contribution in [0.1, 0.15) is 54.1 Å². The van der Waals surface area contributed by atoms with Crippen molar-refractivity contribution in [1.82, 2.24) is 14.9 Å². The first-order valence-corrected chi connectivity index (χ1v) is 14.7. The number of pyridine rings is 1. The summed E-state index contributed by atoms with van der Waals surface area (Å²) in [6, 6.07) is 29.1. The molecule has 3 aromatic carbocycles. The fourth-order valence-electron chi connectivity index (χ4n) is 6.03. The Balaban J connectivity index is 1.49. The van der Waals surface area contributed by atoms with Gasteiger partial charge in [-0.1, -0.05) is 56.3 Å². The Morgan fingerprint density at radius 1 is 0.952 bits per heavy atom. The fourth-order valence-corrected chi connectivity index (χ4v) is 6.37. The molecule has 2 atom stereocenters. The van der Waals surface area contributed by atoms with Gasteiger partial charge in [0.05, 0.1) is 23.5 Å². The highest BCUT2D eigenvalue weighted by atomic mass is 32.1. The summed E-state index contributed by atoms with van der Waals surface area (Å²) in [5, 5.41) is 9.70. The zero-order valence-electron chi connectivity index (χ0n) is 24.6. The van der Waals surface area contributed by atoms with Crippen molar-refractivity contribution in [2.45, 2.75) is 46.7 Å². The maximum absolute atomic E-state index is 12.4. The van der Waals surface area contributed by atoms with Gasteiger partial charge in [0, 0.05) is 40.3 Å². The molecule has 5 aromatic rings. The van der Waals surface area contributed by atoms with E-state index in [1.807, 2.05) is 51.2 Å². The summed E-state index contributed by atoms with van der Waals surface area (Å²) in [7, 11) is 0. The summed E-state index contributed by atoms with van der Waals surface area (Å²) in [5.74, 6) is -0.0990. The van der Waals surface area contributed by atoms with E-state index in [9.17, 15) is 4.79 Å². The minimum Gasteiger partial charge on any atom is -0.351 e. The number of carbonyl (C=O) groups is 1. The summed E-state index contributed by atoms with van der Waals surface area (Å²) < 4.78 is 2.35. The van der Waals surface area contributed by atoms with Gasteiger partial charge in [0.25, 0.3) is 0 Å². The smallest absolute Gasteiger partial charge is 0.226 e. The summed E-state index contributed by atoms with van der Waals surface area (Å²) in [6.45, 7) is 10.2. The van der Waals surface area contributed by atoms with Gasteiger partial charge < -0.3 is 20.1 Å². The quantitative estimate of drug-likeness (QED) is 0.204. The monoisotopic (exact) mass is 573 g/mol. The number of rotatable bonds is 6. The number of aryl methyl sites for hydroxylation is 2. The van der Waals surface area contributed by atoms with Crippen molar-refractivity contribution in [2.24, 2.45) is 5.92 Å². The number of nitrogens with one attached hydrogen (secondary N) is 2. The zero-order chi connectivity index (χ0) is 29.5. The Bertz CT molecular complexity index is 1800. The van der Waals surface area contributed by atoms with Crippen molar-refractivity contribution in [3.63, 3.8) is 0 Å². The minimum atomic E-state index is -0.152. The standard InChI is InChI=1S/C35H35N5OS/c1-21(2)34(41)37-29-17-16-26(19-22(29)3)40-33(32(38-35(40)42)30-14-8-9-18-36-30)28-20-23(4)39(24(28)5)31-15-10-12-25-11-6-7-13-27(25)31/h6-21,32-33H,1-5H3,(H,37,41)(H,38,42)/t32-,33-/m1/s1. The van der Waals surface area contributed by atoms with Crippen LogP contribution in [0.2, 0.25) is 0 Å². The van der Waals surface area contributed by atoms with Gasteiger partial charge in [-0.15, -0.1) is 0 Å². The largest absolute Gasteiger partial charge is 0.351 e. The number of anilines is 2. The zero-order valence-corrected chi connectivity index (χ0v) is 25.4. The van der Waals surface area contributed by atoms with Crippen LogP contribution < -0.4 is 15.5 Å². The van der Waals surface area contributed by atoms with E-state index in [-0.39, 0.29) is 23.9 Å². The molecule has 42 heavy (non-hydrogen) atoms. The molecule has 2 N–H and O–H groups in total. The third kappa shape index (κ3) is 4.84. The first kappa shape index (κ1) is 27.7. The summed E-state index contributed by atoms with van der Waals surface area (Å²) in [4.78, 5) is 19.3. The van der Waals surface area contributed by atoms with Crippen molar-refractivity contribution in [1.29, 1.82) is 0 Å². The van der Waals surface area contributed by atoms with E-state index < -0.39 is 0 Å². The number of nitrogens with zero attached hydrogens (tertiary/aromatic N) is 3. The molecule has 212 valence electrons. The fraction of sp³-hybridized carbons (Fsp3) is 0.229. The molecule has 6 rings (SSSR count). The normalized spacial score (nSPS) is 16.7. The van der Waals surface area contributed by atoms with E-state index in [0.29, 0.717) is 5.11 Å². The first-order chi connectivity index (χ1) is 20.2. The van der Waals surface area contributed by atoms with Crippen LogP contribution in [-0.2, 0) is 4.79 Å². The molecule has 1 aliphatic heterocycles. The lowest BCUT2D eigenvalue weighted by molar-refractivity contribution is -0.118. The van der Waals surface area contributed by atoms with Gasteiger partial charge in [0.15, 0.2) is 5.11 Å². The molecule has 1 fully saturated rings. The number of thiocarbonyl (C=S) groups is 1. The Kier molecular flexibility index (Phi) is 7.29. The molecule has 1 saturated heterocycles. The molecule has 2 aromatic heterocycles. The topological polar surface area (TPSA) is 62.2 Å². The third-order valence-corrected chi connectivity index (χ3v) is 8.48. The predicted molar refractivity (Wildman–Crippen MR) is 175 cm³/mol. The maximum Gasteiger partial charge on any atom is 0.226 e. The van der Waals surface area contributed by atoms with Crippen LogP contribution in [0.3, 0.4) is 0 Å². The van der Waals surface area contributed by atoms with Crippen molar-refractivity contribution >= 4 is 45.4 Å². The summed E-state index contributed by atoms with van der Waals surface area (Å²) in [5.41, 5.74) is 8.32. The molecule has 0 spiro atoms. The lowest BCUT2D eigenvalue weighted by Gasteiger charge is -2.29. The van der Waals surface area contributed by atoms with Crippen LogP contribution in [-0.4, -0.2) is 20.6 Å². The Hall–Kier alpha value is -4.49. The van der Waals surface area contributed by atoms with Gasteiger partial charge in [-0.25, -0.2) is 0 Å². The lowest BCUT2D eigenvalue weighted by Crippen LogP contribution is -2.29. The van der Waals surface area contributed by atoms with Gasteiger partial charge in [0.2, 0.25) is 5.91 Å². The molecule has 7 heteroatoms. The Morgan fingerprint density at radius 3 is 2.45 bits per heavy atom. The van der Waals surface area contributed by atoms with Crippen molar-refractivity contribution in [2.75, 3.05) is 10.2 Å². The van der Waals surface area contributed by atoms with Crippen LogP contribution in [0.25, 0.3) is 16.5 Å². The molecule has 0 bridgehead atoms. The van der Waals surface area contributed by atoms with Gasteiger partial charge in [-0.2, -0.15) is 0 Å². The molecule has 0 unspecified atom stereocenters. The summed E-state index contributed by atoms with van der Waals surface area (Å²) in [6.07, 6.45) is 1.83. The molecule has 0 aliphatic carbocycles. The second-order valence-electron chi connectivity index (χ2n) is 11.3. The van der Waals surface area contributed by atoms with E-state index in [2.05, 4.69) is 94.6 Å². The van der Waals surface area contributed by atoms with Gasteiger partial charge in [0.1, 0.15) is 0 Å². The van der Waals surface area contributed by atoms with E-state index in [4.69, 9.17) is 17.2 Å². The summed E-state index contributed by atoms with van der Waals surface area (Å²) >= 11 is 6.01. The van der Waals surface area contributed by atoms with Crippen LogP contribution in [0, 0.1) is 26.7 Å². The van der Waals surface area contributed by atoms with E-state index in [1.165, 1.54) is 16.3 Å².